The van der Waals surface area contributed by atoms with Gasteiger partial charge < -0.3 is 9.47 Å². The molecular formula is C12H24O4S. The van der Waals surface area contributed by atoms with E-state index in [0.29, 0.717) is 18.1 Å². The lowest BCUT2D eigenvalue weighted by Crippen LogP contribution is -2.30. The number of rotatable bonds is 9. The van der Waals surface area contributed by atoms with Crippen molar-refractivity contribution in [3.05, 3.63) is 0 Å². The molecule has 0 aliphatic rings. The van der Waals surface area contributed by atoms with Gasteiger partial charge in [-0.2, -0.15) is 0 Å². The van der Waals surface area contributed by atoms with Crippen molar-refractivity contribution < 1.29 is 18.5 Å². The van der Waals surface area contributed by atoms with E-state index >= 15 is 0 Å². The van der Waals surface area contributed by atoms with E-state index < -0.39 is 16.9 Å². The first-order chi connectivity index (χ1) is 7.95. The van der Waals surface area contributed by atoms with Crippen LogP contribution in [0.25, 0.3) is 0 Å². The number of carbonyl (C=O) groups is 1. The molecule has 17 heavy (non-hydrogen) atoms. The highest BCUT2D eigenvalue weighted by Gasteiger charge is 2.16. The predicted octanol–water partition coefficient (Wildman–Crippen LogP) is 1.89. The molecule has 5 heteroatoms. The summed E-state index contributed by atoms with van der Waals surface area (Å²) < 4.78 is 22.2. The molecule has 0 aromatic rings. The lowest BCUT2D eigenvalue weighted by molar-refractivity contribution is -0.148. The fourth-order valence-electron chi connectivity index (χ4n) is 1.25. The summed E-state index contributed by atoms with van der Waals surface area (Å²) in [5.41, 5.74) is 0. The van der Waals surface area contributed by atoms with Gasteiger partial charge in [0.1, 0.15) is 6.10 Å². The molecule has 0 aliphatic heterocycles. The van der Waals surface area contributed by atoms with E-state index in [4.69, 9.17) is 9.47 Å². The maximum absolute atomic E-state index is 11.7. The molecule has 0 saturated carbocycles. The summed E-state index contributed by atoms with van der Waals surface area (Å²) in [6.07, 6.45) is 1.64. The first-order valence-electron chi connectivity index (χ1n) is 6.09. The minimum atomic E-state index is -0.938. The maximum Gasteiger partial charge on any atom is 0.303 e. The van der Waals surface area contributed by atoms with Gasteiger partial charge in [0.05, 0.1) is 18.5 Å². The number of hydrogen-bond donors (Lipinski definition) is 0. The van der Waals surface area contributed by atoms with Gasteiger partial charge in [-0.1, -0.05) is 13.3 Å². The molecular weight excluding hydrogens is 240 g/mol. The predicted molar refractivity (Wildman–Crippen MR) is 69.4 cm³/mol. The van der Waals surface area contributed by atoms with Crippen LogP contribution in [0.1, 0.15) is 40.5 Å². The molecule has 0 bridgehead atoms. The highest BCUT2D eigenvalue weighted by atomic mass is 32.2. The molecule has 0 amide bonds. The third kappa shape index (κ3) is 10.5. The lowest BCUT2D eigenvalue weighted by atomic mass is 10.4. The van der Waals surface area contributed by atoms with Gasteiger partial charge in [0, 0.05) is 23.5 Å². The molecule has 0 heterocycles. The van der Waals surface area contributed by atoms with Gasteiger partial charge in [-0.15, -0.1) is 0 Å². The Morgan fingerprint density at radius 3 is 2.47 bits per heavy atom. The Balaban J connectivity index is 4.08. The van der Waals surface area contributed by atoms with Crippen LogP contribution < -0.4 is 0 Å². The molecule has 0 saturated heterocycles. The van der Waals surface area contributed by atoms with Crippen molar-refractivity contribution in [3.63, 3.8) is 0 Å². The van der Waals surface area contributed by atoms with Crippen molar-refractivity contribution in [1.82, 2.24) is 0 Å². The maximum atomic E-state index is 11.7. The van der Waals surface area contributed by atoms with E-state index in [1.165, 1.54) is 6.92 Å². The second-order valence-corrected chi connectivity index (χ2v) is 5.90. The Morgan fingerprint density at radius 2 is 2.00 bits per heavy atom. The number of unbranched alkanes of at least 4 members (excludes halogenated alkanes) is 1. The van der Waals surface area contributed by atoms with E-state index in [1.54, 1.807) is 0 Å². The van der Waals surface area contributed by atoms with E-state index in [9.17, 15) is 9.00 Å². The topological polar surface area (TPSA) is 52.6 Å². The van der Waals surface area contributed by atoms with E-state index in [-0.39, 0.29) is 12.1 Å². The lowest BCUT2D eigenvalue weighted by Gasteiger charge is -2.18. The third-order valence-corrected chi connectivity index (χ3v) is 3.53. The molecule has 0 spiro atoms. The Kier molecular flexibility index (Phi) is 9.36. The van der Waals surface area contributed by atoms with Crippen LogP contribution in [0, 0.1) is 0 Å². The Bertz CT molecular complexity index is 241. The second kappa shape index (κ2) is 9.59. The monoisotopic (exact) mass is 264 g/mol. The number of carbonyl (C=O) groups excluding carboxylic acids is 1. The molecule has 4 nitrogen and oxygen atoms in total. The minimum absolute atomic E-state index is 0.0807. The van der Waals surface area contributed by atoms with Gasteiger partial charge in [0.25, 0.3) is 0 Å². The summed E-state index contributed by atoms with van der Waals surface area (Å²) in [7, 11) is -0.938. The van der Waals surface area contributed by atoms with Gasteiger partial charge in [-0.25, -0.2) is 0 Å². The van der Waals surface area contributed by atoms with Crippen LogP contribution in [0.4, 0.5) is 0 Å². The highest BCUT2D eigenvalue weighted by molar-refractivity contribution is 7.85. The molecule has 102 valence electrons. The molecule has 0 radical (unpaired) electrons. The van der Waals surface area contributed by atoms with E-state index in [2.05, 4.69) is 6.92 Å². The smallest absolute Gasteiger partial charge is 0.303 e. The second-order valence-electron chi connectivity index (χ2n) is 4.28. The minimum Gasteiger partial charge on any atom is -0.459 e. The van der Waals surface area contributed by atoms with Crippen molar-refractivity contribution in [2.45, 2.75) is 52.7 Å². The van der Waals surface area contributed by atoms with Gasteiger partial charge in [0.15, 0.2) is 0 Å². The summed E-state index contributed by atoms with van der Waals surface area (Å²) in [6.45, 7) is 7.56. The van der Waals surface area contributed by atoms with E-state index in [1.807, 2.05) is 13.8 Å². The average Bonchev–Trinajstić information content (AvgIpc) is 2.22. The number of ether oxygens (including phenoxy) is 2. The summed E-state index contributed by atoms with van der Waals surface area (Å²) in [4.78, 5) is 10.9. The number of hydrogen-bond acceptors (Lipinski definition) is 4. The summed E-state index contributed by atoms with van der Waals surface area (Å²) in [5.74, 6) is 0.678. The summed E-state index contributed by atoms with van der Waals surface area (Å²) >= 11 is 0. The molecule has 0 N–H and O–H groups in total. The molecule has 0 fully saturated rings. The van der Waals surface area contributed by atoms with Gasteiger partial charge in [-0.05, 0) is 20.3 Å². The Hall–Kier alpha value is -0.420. The van der Waals surface area contributed by atoms with Crippen molar-refractivity contribution in [2.24, 2.45) is 0 Å². The highest BCUT2D eigenvalue weighted by Crippen LogP contribution is 2.02. The van der Waals surface area contributed by atoms with Crippen LogP contribution >= 0.6 is 0 Å². The SMILES string of the molecule is CCCCS(=O)CC(COC(C)C)OC(C)=O. The molecule has 0 aliphatic carbocycles. The van der Waals surface area contributed by atoms with Gasteiger partial charge in [0.2, 0.25) is 0 Å². The molecule has 0 aromatic carbocycles. The zero-order valence-electron chi connectivity index (χ0n) is 11.2. The first kappa shape index (κ1) is 16.6. The summed E-state index contributed by atoms with van der Waals surface area (Å²) in [5, 5.41) is 0. The molecule has 2 atom stereocenters. The van der Waals surface area contributed by atoms with Gasteiger partial charge in [-0.3, -0.25) is 9.00 Å². The van der Waals surface area contributed by atoms with E-state index in [0.717, 1.165) is 12.8 Å². The van der Waals surface area contributed by atoms with Crippen LogP contribution in [0.3, 0.4) is 0 Å². The van der Waals surface area contributed by atoms with Crippen LogP contribution in [-0.2, 0) is 25.1 Å². The standard InChI is InChI=1S/C12H24O4S/c1-5-6-7-17(14)9-12(16-11(4)13)8-15-10(2)3/h10,12H,5-9H2,1-4H3. The van der Waals surface area contributed by atoms with Crippen LogP contribution in [0.2, 0.25) is 0 Å². The molecule has 2 unspecified atom stereocenters. The fourth-order valence-corrected chi connectivity index (χ4v) is 2.60. The quantitative estimate of drug-likeness (QED) is 0.597. The van der Waals surface area contributed by atoms with Crippen LogP contribution in [-0.4, -0.2) is 40.5 Å². The van der Waals surface area contributed by atoms with Crippen molar-refractivity contribution >= 4 is 16.8 Å². The average molecular weight is 264 g/mol. The third-order valence-electron chi connectivity index (χ3n) is 2.05. The zero-order chi connectivity index (χ0) is 13.3. The van der Waals surface area contributed by atoms with Gasteiger partial charge >= 0.3 is 5.97 Å². The largest absolute Gasteiger partial charge is 0.459 e. The number of esters is 1. The molecule has 0 aromatic heterocycles. The first-order valence-corrected chi connectivity index (χ1v) is 7.58. The normalized spacial score (nSPS) is 14.6. The summed E-state index contributed by atoms with van der Waals surface area (Å²) in [6, 6.07) is 0. The van der Waals surface area contributed by atoms with Crippen molar-refractivity contribution in [3.8, 4) is 0 Å². The van der Waals surface area contributed by atoms with Crippen LogP contribution in [0.5, 0.6) is 0 Å². The fraction of sp³-hybridized carbons (Fsp3) is 0.917. The Labute approximate surface area is 107 Å². The zero-order valence-corrected chi connectivity index (χ0v) is 12.0. The van der Waals surface area contributed by atoms with Crippen LogP contribution in [0.15, 0.2) is 0 Å². The molecule has 0 rings (SSSR count). The Morgan fingerprint density at radius 1 is 1.35 bits per heavy atom. The van der Waals surface area contributed by atoms with Crippen molar-refractivity contribution in [2.75, 3.05) is 18.1 Å². The van der Waals surface area contributed by atoms with Crippen molar-refractivity contribution in [1.29, 1.82) is 0 Å².